The number of fused-ring (bicyclic) bond motifs is 1. The van der Waals surface area contributed by atoms with E-state index in [0.29, 0.717) is 12.2 Å². The van der Waals surface area contributed by atoms with Gasteiger partial charge < -0.3 is 4.74 Å². The van der Waals surface area contributed by atoms with Crippen LogP contribution in [0.15, 0.2) is 36.5 Å². The van der Waals surface area contributed by atoms with Crippen LogP contribution < -0.4 is 0 Å². The number of nitrogens with zero attached hydrogens (tertiary/aromatic N) is 1. The summed E-state index contributed by atoms with van der Waals surface area (Å²) < 4.78 is 5.60. The third-order valence-electron chi connectivity index (χ3n) is 3.56. The Hall–Kier alpha value is -1.74. The molecule has 1 aromatic heterocycles. The highest BCUT2D eigenvalue weighted by atomic mass is 16.5. The predicted octanol–water partition coefficient (Wildman–Crippen LogP) is 2.99. The fraction of sp³-hybridized carbons (Fsp3) is 0.333. The number of carbonyl (C=O) groups excluding carboxylic acids is 1. The first-order chi connectivity index (χ1) is 8.69. The zero-order valence-corrected chi connectivity index (χ0v) is 10.3. The van der Waals surface area contributed by atoms with Crippen LogP contribution in [0.4, 0.5) is 0 Å². The Kier molecular flexibility index (Phi) is 2.63. The van der Waals surface area contributed by atoms with Gasteiger partial charge in [-0.25, -0.2) is 0 Å². The van der Waals surface area contributed by atoms with E-state index < -0.39 is 5.60 Å². The number of hydrogen-bond donors (Lipinski definition) is 0. The maximum atomic E-state index is 12.5. The van der Waals surface area contributed by atoms with Crippen LogP contribution in [0.2, 0.25) is 0 Å². The molecular weight excluding hydrogens is 226 g/mol. The van der Waals surface area contributed by atoms with Crippen LogP contribution in [0.1, 0.15) is 30.1 Å². The van der Waals surface area contributed by atoms with Crippen LogP contribution in [0, 0.1) is 0 Å². The lowest BCUT2D eigenvalue weighted by molar-refractivity contribution is 0.0213. The molecule has 3 heteroatoms. The first-order valence-corrected chi connectivity index (χ1v) is 6.23. The summed E-state index contributed by atoms with van der Waals surface area (Å²) in [6.45, 7) is 2.56. The molecule has 1 unspecified atom stereocenters. The average molecular weight is 241 g/mol. The molecule has 1 aromatic carbocycles. The second-order valence-electron chi connectivity index (χ2n) is 4.92. The van der Waals surface area contributed by atoms with Gasteiger partial charge in [0.25, 0.3) is 0 Å². The molecule has 0 saturated carbocycles. The molecule has 0 spiro atoms. The Bertz CT molecular complexity index is 600. The second kappa shape index (κ2) is 4.18. The number of ether oxygens (including phenoxy) is 1. The number of benzene rings is 1. The first-order valence-electron chi connectivity index (χ1n) is 6.23. The number of aromatic nitrogens is 1. The Morgan fingerprint density at radius 2 is 2.28 bits per heavy atom. The van der Waals surface area contributed by atoms with Crippen molar-refractivity contribution in [2.24, 2.45) is 0 Å². The third kappa shape index (κ3) is 1.81. The minimum absolute atomic E-state index is 0.0748. The molecule has 1 atom stereocenters. The van der Waals surface area contributed by atoms with Crippen molar-refractivity contribution in [3.05, 3.63) is 42.1 Å². The van der Waals surface area contributed by atoms with Crippen molar-refractivity contribution in [1.82, 2.24) is 4.98 Å². The molecule has 18 heavy (non-hydrogen) atoms. The fourth-order valence-corrected chi connectivity index (χ4v) is 2.48. The van der Waals surface area contributed by atoms with E-state index in [0.717, 1.165) is 23.7 Å². The molecule has 0 aliphatic carbocycles. The summed E-state index contributed by atoms with van der Waals surface area (Å²) in [5.74, 6) is 0.0748. The first kappa shape index (κ1) is 11.4. The molecule has 0 bridgehead atoms. The molecule has 1 aliphatic rings. The Morgan fingerprint density at radius 1 is 1.39 bits per heavy atom. The molecule has 1 fully saturated rings. The largest absolute Gasteiger partial charge is 0.367 e. The van der Waals surface area contributed by atoms with Gasteiger partial charge in [-0.15, -0.1) is 0 Å². The van der Waals surface area contributed by atoms with Gasteiger partial charge in [-0.1, -0.05) is 6.07 Å². The topological polar surface area (TPSA) is 39.2 Å². The number of Topliss-reactive ketones (excluding diaryl/α,β-unsaturated/α-hetero) is 1. The maximum Gasteiger partial charge on any atom is 0.194 e. The highest BCUT2D eigenvalue weighted by Gasteiger charge is 2.38. The van der Waals surface area contributed by atoms with Crippen molar-refractivity contribution >= 4 is 16.7 Å². The van der Waals surface area contributed by atoms with Crippen molar-refractivity contribution in [2.75, 3.05) is 6.61 Å². The zero-order valence-electron chi connectivity index (χ0n) is 10.3. The second-order valence-corrected chi connectivity index (χ2v) is 4.92. The lowest BCUT2D eigenvalue weighted by atomic mass is 9.91. The molecule has 1 saturated heterocycles. The van der Waals surface area contributed by atoms with Gasteiger partial charge in [0, 0.05) is 23.8 Å². The number of carbonyl (C=O) groups is 1. The van der Waals surface area contributed by atoms with Crippen LogP contribution in [-0.4, -0.2) is 23.0 Å². The summed E-state index contributed by atoms with van der Waals surface area (Å²) in [5.41, 5.74) is 0.974. The van der Waals surface area contributed by atoms with Gasteiger partial charge in [-0.2, -0.15) is 0 Å². The van der Waals surface area contributed by atoms with E-state index in [1.807, 2.05) is 37.3 Å². The number of rotatable bonds is 2. The minimum atomic E-state index is -0.643. The third-order valence-corrected chi connectivity index (χ3v) is 3.56. The normalized spacial score (nSPS) is 23.4. The van der Waals surface area contributed by atoms with E-state index >= 15 is 0 Å². The van der Waals surface area contributed by atoms with Gasteiger partial charge in [0.15, 0.2) is 5.78 Å². The van der Waals surface area contributed by atoms with E-state index in [-0.39, 0.29) is 5.78 Å². The molecule has 3 nitrogen and oxygen atoms in total. The molecule has 0 radical (unpaired) electrons. The number of pyridine rings is 1. The molecule has 2 heterocycles. The molecule has 0 N–H and O–H groups in total. The van der Waals surface area contributed by atoms with Gasteiger partial charge in [-0.05, 0) is 44.0 Å². The van der Waals surface area contributed by atoms with Gasteiger partial charge in [0.2, 0.25) is 0 Å². The average Bonchev–Trinajstić information content (AvgIpc) is 2.85. The Morgan fingerprint density at radius 3 is 3.06 bits per heavy atom. The quantitative estimate of drug-likeness (QED) is 0.759. The number of hydrogen-bond acceptors (Lipinski definition) is 3. The van der Waals surface area contributed by atoms with Crippen LogP contribution in [0.3, 0.4) is 0 Å². The smallest absolute Gasteiger partial charge is 0.194 e. The summed E-state index contributed by atoms with van der Waals surface area (Å²) in [5, 5.41) is 0.991. The Balaban J connectivity index is 2.01. The van der Waals surface area contributed by atoms with E-state index in [1.54, 1.807) is 6.20 Å². The van der Waals surface area contributed by atoms with Crippen LogP contribution in [-0.2, 0) is 4.74 Å². The summed E-state index contributed by atoms with van der Waals surface area (Å²) in [6, 6.07) is 9.48. The summed E-state index contributed by atoms with van der Waals surface area (Å²) >= 11 is 0. The standard InChI is InChI=1S/C15H15NO2/c1-15(7-3-9-18-15)14(17)12-5-6-13-11(10-12)4-2-8-16-13/h2,4-6,8,10H,3,7,9H2,1H3. The highest BCUT2D eigenvalue weighted by molar-refractivity contribution is 6.04. The molecule has 92 valence electrons. The highest BCUT2D eigenvalue weighted by Crippen LogP contribution is 2.29. The predicted molar refractivity (Wildman–Crippen MR) is 69.7 cm³/mol. The van der Waals surface area contributed by atoms with Gasteiger partial charge in [0.1, 0.15) is 5.60 Å². The maximum absolute atomic E-state index is 12.5. The summed E-state index contributed by atoms with van der Waals surface area (Å²) in [4.78, 5) is 16.7. The van der Waals surface area contributed by atoms with E-state index in [4.69, 9.17) is 4.74 Å². The molecule has 3 rings (SSSR count). The van der Waals surface area contributed by atoms with E-state index in [9.17, 15) is 4.79 Å². The zero-order chi connectivity index (χ0) is 12.6. The van der Waals surface area contributed by atoms with E-state index in [2.05, 4.69) is 4.98 Å². The minimum Gasteiger partial charge on any atom is -0.367 e. The van der Waals surface area contributed by atoms with Crippen molar-refractivity contribution < 1.29 is 9.53 Å². The van der Waals surface area contributed by atoms with Crippen molar-refractivity contribution in [2.45, 2.75) is 25.4 Å². The van der Waals surface area contributed by atoms with Gasteiger partial charge in [0.05, 0.1) is 5.52 Å². The molecule has 1 aliphatic heterocycles. The monoisotopic (exact) mass is 241 g/mol. The van der Waals surface area contributed by atoms with Crippen molar-refractivity contribution in [1.29, 1.82) is 0 Å². The van der Waals surface area contributed by atoms with Crippen molar-refractivity contribution in [3.63, 3.8) is 0 Å². The van der Waals surface area contributed by atoms with Crippen molar-refractivity contribution in [3.8, 4) is 0 Å². The van der Waals surface area contributed by atoms with Gasteiger partial charge in [-0.3, -0.25) is 9.78 Å². The fourth-order valence-electron chi connectivity index (χ4n) is 2.48. The summed E-state index contributed by atoms with van der Waals surface area (Å²) in [7, 11) is 0. The number of ketones is 1. The van der Waals surface area contributed by atoms with Crippen LogP contribution in [0.5, 0.6) is 0 Å². The molecule has 2 aromatic rings. The Labute approximate surface area is 106 Å². The lowest BCUT2D eigenvalue weighted by Crippen LogP contribution is -2.34. The van der Waals surface area contributed by atoms with Crippen LogP contribution >= 0.6 is 0 Å². The SMILES string of the molecule is CC1(C(=O)c2ccc3ncccc3c2)CCCO1. The van der Waals surface area contributed by atoms with Crippen LogP contribution in [0.25, 0.3) is 10.9 Å². The summed E-state index contributed by atoms with van der Waals surface area (Å²) in [6.07, 6.45) is 3.51. The lowest BCUT2D eigenvalue weighted by Gasteiger charge is -2.21. The molecule has 0 amide bonds. The van der Waals surface area contributed by atoms with E-state index in [1.165, 1.54) is 0 Å². The van der Waals surface area contributed by atoms with Gasteiger partial charge >= 0.3 is 0 Å². The molecular formula is C15H15NO2.